The number of nitrogens with zero attached hydrogens (tertiary/aromatic N) is 2. The summed E-state index contributed by atoms with van der Waals surface area (Å²) in [6.07, 6.45) is 3.43. The Morgan fingerprint density at radius 3 is 2.84 bits per heavy atom. The van der Waals surface area contributed by atoms with Gasteiger partial charge in [0.25, 0.3) is 0 Å². The smallest absolute Gasteiger partial charge is 0.138 e. The van der Waals surface area contributed by atoms with Crippen LogP contribution in [0.3, 0.4) is 0 Å². The summed E-state index contributed by atoms with van der Waals surface area (Å²) in [5.74, 6) is 3.48. The lowest BCUT2D eigenvalue weighted by atomic mass is 10.1. The molecule has 0 unspecified atom stereocenters. The van der Waals surface area contributed by atoms with Crippen molar-refractivity contribution in [3.63, 3.8) is 0 Å². The number of nitrogens with one attached hydrogen (secondary N) is 1. The summed E-state index contributed by atoms with van der Waals surface area (Å²) in [4.78, 5) is 8.48. The fraction of sp³-hybridized carbons (Fsp3) is 0.222. The summed E-state index contributed by atoms with van der Waals surface area (Å²) >= 11 is 5.82. The van der Waals surface area contributed by atoms with Crippen molar-refractivity contribution >= 4 is 44.7 Å². The van der Waals surface area contributed by atoms with Gasteiger partial charge < -0.3 is 10.1 Å². The lowest BCUT2D eigenvalue weighted by molar-refractivity contribution is 0.267. The van der Waals surface area contributed by atoms with E-state index in [9.17, 15) is 4.21 Å². The molecule has 3 aromatic rings. The number of halogens is 1. The first-order valence-corrected chi connectivity index (χ1v) is 9.79. The number of hydrogen-bond donors (Lipinski definition) is 1. The van der Waals surface area contributed by atoms with Crippen molar-refractivity contribution < 1.29 is 8.95 Å². The average molecular weight is 374 g/mol. The molecule has 3 heterocycles. The summed E-state index contributed by atoms with van der Waals surface area (Å²) < 4.78 is 17.0. The first kappa shape index (κ1) is 16.3. The van der Waals surface area contributed by atoms with Gasteiger partial charge in [-0.3, -0.25) is 4.21 Å². The van der Waals surface area contributed by atoms with Crippen LogP contribution in [0.4, 0.5) is 11.5 Å². The van der Waals surface area contributed by atoms with Crippen LogP contribution in [0.5, 0.6) is 5.75 Å². The standard InChI is InChI=1S/C18H16ClN3O2S/c19-17-4-1-14(8-21-17)22-18-16-3-2-15(7-13(16)5-6-20-18)24-9-12-10-25(23)11-12/h1-8,12H,9-11H2,(H,20,22). The molecule has 0 spiro atoms. The van der Waals surface area contributed by atoms with Gasteiger partial charge >= 0.3 is 0 Å². The quantitative estimate of drug-likeness (QED) is 0.689. The van der Waals surface area contributed by atoms with Gasteiger partial charge in [0.2, 0.25) is 0 Å². The molecular formula is C18H16ClN3O2S. The second-order valence-corrected chi connectivity index (χ2v) is 7.92. The van der Waals surface area contributed by atoms with Crippen molar-refractivity contribution in [1.29, 1.82) is 0 Å². The molecule has 0 saturated carbocycles. The third-order valence-corrected chi connectivity index (χ3v) is 5.96. The lowest BCUT2D eigenvalue weighted by Gasteiger charge is -2.24. The topological polar surface area (TPSA) is 64.1 Å². The maximum Gasteiger partial charge on any atom is 0.138 e. The normalized spacial score (nSPS) is 19.4. The van der Waals surface area contributed by atoms with Crippen LogP contribution >= 0.6 is 11.6 Å². The van der Waals surface area contributed by atoms with Crippen LogP contribution in [0, 0.1) is 5.92 Å². The highest BCUT2D eigenvalue weighted by atomic mass is 35.5. The zero-order valence-electron chi connectivity index (χ0n) is 13.3. The third-order valence-electron chi connectivity index (χ3n) is 4.05. The van der Waals surface area contributed by atoms with Gasteiger partial charge in [0.15, 0.2) is 0 Å². The van der Waals surface area contributed by atoms with Crippen LogP contribution in [0.25, 0.3) is 10.8 Å². The Kier molecular flexibility index (Phi) is 4.55. The zero-order chi connectivity index (χ0) is 17.2. The van der Waals surface area contributed by atoms with E-state index in [0.717, 1.165) is 39.5 Å². The molecule has 0 bridgehead atoms. The molecular weight excluding hydrogens is 358 g/mol. The number of hydrogen-bond acceptors (Lipinski definition) is 5. The zero-order valence-corrected chi connectivity index (χ0v) is 14.9. The van der Waals surface area contributed by atoms with E-state index in [1.807, 2.05) is 30.3 Å². The van der Waals surface area contributed by atoms with E-state index in [1.54, 1.807) is 18.5 Å². The van der Waals surface area contributed by atoms with Crippen molar-refractivity contribution in [2.24, 2.45) is 5.92 Å². The number of ether oxygens (including phenoxy) is 1. The highest BCUT2D eigenvalue weighted by molar-refractivity contribution is 7.86. The Morgan fingerprint density at radius 2 is 2.08 bits per heavy atom. The van der Waals surface area contributed by atoms with Crippen LogP contribution in [0.1, 0.15) is 0 Å². The predicted molar refractivity (Wildman–Crippen MR) is 101 cm³/mol. The molecule has 1 aliphatic heterocycles. The molecule has 0 atom stereocenters. The van der Waals surface area contributed by atoms with Crippen molar-refractivity contribution in [1.82, 2.24) is 9.97 Å². The monoisotopic (exact) mass is 373 g/mol. The van der Waals surface area contributed by atoms with Crippen LogP contribution in [-0.2, 0) is 10.8 Å². The summed E-state index contributed by atoms with van der Waals surface area (Å²) in [5.41, 5.74) is 0.822. The van der Waals surface area contributed by atoms with E-state index in [1.165, 1.54) is 0 Å². The number of anilines is 2. The maximum atomic E-state index is 11.1. The molecule has 4 rings (SSSR count). The number of benzene rings is 1. The summed E-state index contributed by atoms with van der Waals surface area (Å²) in [7, 11) is -0.636. The second kappa shape index (κ2) is 6.98. The fourth-order valence-corrected chi connectivity index (χ4v) is 3.98. The van der Waals surface area contributed by atoms with Crippen LogP contribution in [0.15, 0.2) is 48.8 Å². The first-order chi connectivity index (χ1) is 12.2. The molecule has 1 saturated heterocycles. The number of aromatic nitrogens is 2. The Hall–Kier alpha value is -2.18. The molecule has 1 aliphatic rings. The Labute approximate surface area is 152 Å². The third kappa shape index (κ3) is 3.75. The van der Waals surface area contributed by atoms with Gasteiger partial charge in [0, 0.05) is 39.8 Å². The van der Waals surface area contributed by atoms with E-state index in [2.05, 4.69) is 15.3 Å². The minimum Gasteiger partial charge on any atom is -0.493 e. The number of rotatable bonds is 5. The number of pyridine rings is 2. The summed E-state index contributed by atoms with van der Waals surface area (Å²) in [6.45, 7) is 0.615. The lowest BCUT2D eigenvalue weighted by Crippen LogP contribution is -2.35. The van der Waals surface area contributed by atoms with Crippen molar-refractivity contribution in [3.05, 3.63) is 53.9 Å². The van der Waals surface area contributed by atoms with Crippen LogP contribution in [0.2, 0.25) is 5.15 Å². The number of fused-ring (bicyclic) bond motifs is 1. The van der Waals surface area contributed by atoms with Crippen LogP contribution < -0.4 is 10.1 Å². The minimum absolute atomic E-state index is 0.406. The van der Waals surface area contributed by atoms with Gasteiger partial charge in [0.1, 0.15) is 16.7 Å². The van der Waals surface area contributed by atoms with Gasteiger partial charge in [-0.15, -0.1) is 0 Å². The van der Waals surface area contributed by atoms with Gasteiger partial charge in [-0.1, -0.05) is 11.6 Å². The minimum atomic E-state index is -0.636. The molecule has 1 N–H and O–H groups in total. The van der Waals surface area contributed by atoms with Crippen molar-refractivity contribution in [2.45, 2.75) is 0 Å². The molecule has 0 radical (unpaired) electrons. The van der Waals surface area contributed by atoms with Gasteiger partial charge in [-0.2, -0.15) is 0 Å². The molecule has 2 aromatic heterocycles. The van der Waals surface area contributed by atoms with Crippen molar-refractivity contribution in [2.75, 3.05) is 23.4 Å². The average Bonchev–Trinajstić information content (AvgIpc) is 2.60. The molecule has 128 valence electrons. The summed E-state index contributed by atoms with van der Waals surface area (Å²) in [6, 6.07) is 11.5. The summed E-state index contributed by atoms with van der Waals surface area (Å²) in [5, 5.41) is 5.74. The molecule has 5 nitrogen and oxygen atoms in total. The molecule has 25 heavy (non-hydrogen) atoms. The molecule has 0 amide bonds. The first-order valence-electron chi connectivity index (χ1n) is 7.92. The molecule has 1 fully saturated rings. The van der Waals surface area contributed by atoms with E-state index < -0.39 is 10.8 Å². The predicted octanol–water partition coefficient (Wildman–Crippen LogP) is 3.78. The van der Waals surface area contributed by atoms with Gasteiger partial charge in [0.05, 0.1) is 18.5 Å². The largest absolute Gasteiger partial charge is 0.493 e. The SMILES string of the molecule is O=S1CC(COc2ccc3c(Nc4ccc(Cl)nc4)nccc3c2)C1. The van der Waals surface area contributed by atoms with Crippen molar-refractivity contribution in [3.8, 4) is 5.75 Å². The van der Waals surface area contributed by atoms with E-state index in [-0.39, 0.29) is 0 Å². The van der Waals surface area contributed by atoms with E-state index in [4.69, 9.17) is 16.3 Å². The maximum absolute atomic E-state index is 11.1. The van der Waals surface area contributed by atoms with E-state index in [0.29, 0.717) is 17.7 Å². The van der Waals surface area contributed by atoms with Gasteiger partial charge in [-0.05, 0) is 41.8 Å². The van der Waals surface area contributed by atoms with E-state index >= 15 is 0 Å². The second-order valence-electron chi connectivity index (χ2n) is 5.99. The fourth-order valence-electron chi connectivity index (χ4n) is 2.72. The Bertz CT molecular complexity index is 925. The molecule has 7 heteroatoms. The Balaban J connectivity index is 1.53. The highest BCUT2D eigenvalue weighted by Gasteiger charge is 2.25. The highest BCUT2D eigenvalue weighted by Crippen LogP contribution is 2.28. The van der Waals surface area contributed by atoms with Crippen LogP contribution in [-0.4, -0.2) is 32.3 Å². The molecule has 1 aromatic carbocycles. The Morgan fingerprint density at radius 1 is 1.20 bits per heavy atom. The van der Waals surface area contributed by atoms with Gasteiger partial charge in [-0.25, -0.2) is 9.97 Å². The molecule has 0 aliphatic carbocycles.